The Morgan fingerprint density at radius 1 is 1.56 bits per heavy atom. The van der Waals surface area contributed by atoms with Crippen LogP contribution in [0.25, 0.3) is 0 Å². The molecule has 0 atom stereocenters. The van der Waals surface area contributed by atoms with E-state index in [1.807, 2.05) is 0 Å². The van der Waals surface area contributed by atoms with Crippen LogP contribution in [0.4, 0.5) is 0 Å². The van der Waals surface area contributed by atoms with E-state index < -0.39 is 6.49 Å². The van der Waals surface area contributed by atoms with Crippen LogP contribution >= 0.6 is 30.2 Å². The molecule has 54 valence electrons. The van der Waals surface area contributed by atoms with Crippen molar-refractivity contribution in [1.29, 1.82) is 0 Å². The standard InChI is InChI=1S/C3H5Cl2O2PS/c1-2-3-8(9,6-4)7-5/h2H,1,3H2. The van der Waals surface area contributed by atoms with E-state index in [1.165, 1.54) is 0 Å². The fraction of sp³-hybridized carbons (Fsp3) is 0.333. The molecule has 0 aliphatic rings. The zero-order valence-electron chi connectivity index (χ0n) is 4.42. The highest BCUT2D eigenvalue weighted by Gasteiger charge is 2.15. The minimum absolute atomic E-state index is 0.370. The third kappa shape index (κ3) is 3.56. The molecule has 0 aromatic rings. The zero-order chi connectivity index (χ0) is 7.33. The molecule has 6 heteroatoms. The summed E-state index contributed by atoms with van der Waals surface area (Å²) in [5.74, 6) is 0. The summed E-state index contributed by atoms with van der Waals surface area (Å²) in [5.41, 5.74) is 0. The smallest absolute Gasteiger partial charge is 0.218 e. The second-order valence-corrected chi connectivity index (χ2v) is 5.58. The first kappa shape index (κ1) is 9.89. The lowest BCUT2D eigenvalue weighted by Crippen LogP contribution is -1.83. The van der Waals surface area contributed by atoms with Crippen molar-refractivity contribution in [3.8, 4) is 0 Å². The Morgan fingerprint density at radius 2 is 2.00 bits per heavy atom. The fourth-order valence-electron chi connectivity index (χ4n) is 0.225. The first-order valence-corrected chi connectivity index (χ1v) is 5.43. The van der Waals surface area contributed by atoms with Crippen LogP contribution in [0.1, 0.15) is 0 Å². The lowest BCUT2D eigenvalue weighted by Gasteiger charge is -2.08. The number of hydrogen-bond acceptors (Lipinski definition) is 3. The van der Waals surface area contributed by atoms with Gasteiger partial charge in [0.25, 0.3) is 0 Å². The van der Waals surface area contributed by atoms with Crippen LogP contribution in [0.5, 0.6) is 0 Å². The van der Waals surface area contributed by atoms with Crippen LogP contribution in [-0.4, -0.2) is 6.16 Å². The van der Waals surface area contributed by atoms with Crippen LogP contribution in [0, 0.1) is 0 Å². The topological polar surface area (TPSA) is 18.5 Å². The van der Waals surface area contributed by atoms with Crippen LogP contribution in [-0.2, 0) is 20.0 Å². The van der Waals surface area contributed by atoms with Gasteiger partial charge in [0.15, 0.2) is 0 Å². The predicted octanol–water partition coefficient (Wildman–Crippen LogP) is 2.82. The van der Waals surface area contributed by atoms with E-state index >= 15 is 0 Å². The van der Waals surface area contributed by atoms with Gasteiger partial charge in [0.2, 0.25) is 6.49 Å². The van der Waals surface area contributed by atoms with E-state index in [2.05, 4.69) is 14.7 Å². The Hall–Kier alpha value is 0.890. The Bertz CT molecular complexity index is 132. The van der Waals surface area contributed by atoms with Crippen LogP contribution in [0.2, 0.25) is 0 Å². The van der Waals surface area contributed by atoms with Crippen LogP contribution in [0.15, 0.2) is 12.7 Å². The highest BCUT2D eigenvalue weighted by molar-refractivity contribution is 8.10. The summed E-state index contributed by atoms with van der Waals surface area (Å²) in [6.45, 7) is 0.990. The number of hydrogen-bond donors (Lipinski definition) is 0. The van der Waals surface area contributed by atoms with E-state index in [1.54, 1.807) is 6.08 Å². The molecule has 0 aliphatic carbocycles. The molecule has 0 bridgehead atoms. The summed E-state index contributed by atoms with van der Waals surface area (Å²) >= 11 is 14.7. The Labute approximate surface area is 69.3 Å². The highest BCUT2D eigenvalue weighted by Crippen LogP contribution is 2.50. The maximum Gasteiger partial charge on any atom is 0.229 e. The Balaban J connectivity index is 3.93. The van der Waals surface area contributed by atoms with Gasteiger partial charge >= 0.3 is 0 Å². The molecule has 0 saturated heterocycles. The summed E-state index contributed by atoms with van der Waals surface area (Å²) in [6.07, 6.45) is 1.92. The van der Waals surface area contributed by atoms with E-state index in [0.29, 0.717) is 6.16 Å². The van der Waals surface area contributed by atoms with E-state index in [0.717, 1.165) is 0 Å². The van der Waals surface area contributed by atoms with Gasteiger partial charge in [-0.3, -0.25) is 0 Å². The maximum atomic E-state index is 4.98. The van der Waals surface area contributed by atoms with Gasteiger partial charge in [-0.25, -0.2) is 8.15 Å². The molecule has 0 heterocycles. The fourth-order valence-corrected chi connectivity index (χ4v) is 1.59. The average Bonchev–Trinajstić information content (AvgIpc) is 1.89. The van der Waals surface area contributed by atoms with Crippen molar-refractivity contribution in [1.82, 2.24) is 0 Å². The third-order valence-corrected chi connectivity index (χ3v) is 4.41. The zero-order valence-corrected chi connectivity index (χ0v) is 7.64. The largest absolute Gasteiger partial charge is 0.229 e. The molecule has 0 aromatic carbocycles. The van der Waals surface area contributed by atoms with Crippen molar-refractivity contribution in [3.63, 3.8) is 0 Å². The SMILES string of the molecule is C=CCP(=S)(OCl)OCl. The van der Waals surface area contributed by atoms with Crippen molar-refractivity contribution in [2.24, 2.45) is 0 Å². The minimum atomic E-state index is -2.43. The second kappa shape index (κ2) is 4.67. The molecule has 0 amide bonds. The van der Waals surface area contributed by atoms with Crippen LogP contribution < -0.4 is 0 Å². The predicted molar refractivity (Wildman–Crippen MR) is 43.2 cm³/mol. The summed E-state index contributed by atoms with van der Waals surface area (Å²) in [5, 5.41) is 0. The van der Waals surface area contributed by atoms with Gasteiger partial charge in [-0.1, -0.05) is 6.08 Å². The molecular formula is C3H5Cl2O2PS. The molecule has 0 N–H and O–H groups in total. The van der Waals surface area contributed by atoms with Gasteiger partial charge in [-0.05, 0) is 11.8 Å². The lowest BCUT2D eigenvalue weighted by atomic mass is 10.8. The Morgan fingerprint density at radius 3 is 2.11 bits per heavy atom. The molecule has 0 radical (unpaired) electrons. The lowest BCUT2D eigenvalue weighted by molar-refractivity contribution is 0.550. The van der Waals surface area contributed by atoms with Crippen molar-refractivity contribution >= 4 is 42.0 Å². The van der Waals surface area contributed by atoms with Gasteiger partial charge in [0, 0.05) is 6.16 Å². The van der Waals surface area contributed by atoms with Crippen molar-refractivity contribution in [2.75, 3.05) is 6.16 Å². The van der Waals surface area contributed by atoms with Crippen molar-refractivity contribution in [2.45, 2.75) is 0 Å². The molecular weight excluding hydrogens is 202 g/mol. The first-order chi connectivity index (χ1) is 4.18. The quantitative estimate of drug-likeness (QED) is 0.521. The molecule has 2 nitrogen and oxygen atoms in total. The Kier molecular flexibility index (Phi) is 5.13. The molecule has 9 heavy (non-hydrogen) atoms. The molecule has 0 aliphatic heterocycles. The second-order valence-electron chi connectivity index (χ2n) is 1.22. The maximum absolute atomic E-state index is 4.98. The minimum Gasteiger partial charge on any atom is -0.218 e. The summed E-state index contributed by atoms with van der Waals surface area (Å²) in [6, 6.07) is 0. The molecule has 0 fully saturated rings. The molecule has 0 spiro atoms. The normalized spacial score (nSPS) is 11.3. The first-order valence-electron chi connectivity index (χ1n) is 1.99. The third-order valence-electron chi connectivity index (χ3n) is 0.563. The van der Waals surface area contributed by atoms with Gasteiger partial charge in [0.05, 0.1) is 23.7 Å². The summed E-state index contributed by atoms with van der Waals surface area (Å²) in [4.78, 5) is 0. The van der Waals surface area contributed by atoms with Gasteiger partial charge < -0.3 is 0 Å². The van der Waals surface area contributed by atoms with Gasteiger partial charge in [-0.2, -0.15) is 0 Å². The van der Waals surface area contributed by atoms with Crippen molar-refractivity contribution in [3.05, 3.63) is 12.7 Å². The van der Waals surface area contributed by atoms with Crippen LogP contribution in [0.3, 0.4) is 0 Å². The van der Waals surface area contributed by atoms with E-state index in [9.17, 15) is 0 Å². The summed E-state index contributed by atoms with van der Waals surface area (Å²) < 4.78 is 8.60. The van der Waals surface area contributed by atoms with Gasteiger partial charge in [-0.15, -0.1) is 6.58 Å². The highest BCUT2D eigenvalue weighted by atomic mass is 35.5. The summed E-state index contributed by atoms with van der Waals surface area (Å²) in [7, 11) is 0. The van der Waals surface area contributed by atoms with E-state index in [-0.39, 0.29) is 0 Å². The average molecular weight is 207 g/mol. The number of allylic oxidation sites excluding steroid dienone is 1. The van der Waals surface area contributed by atoms with Crippen molar-refractivity contribution < 1.29 is 8.15 Å². The molecule has 0 aromatic heterocycles. The van der Waals surface area contributed by atoms with E-state index in [4.69, 9.17) is 35.5 Å². The molecule has 0 rings (SSSR count). The monoisotopic (exact) mass is 206 g/mol. The number of halogens is 2. The van der Waals surface area contributed by atoms with Gasteiger partial charge in [0.1, 0.15) is 0 Å². The molecule has 0 saturated carbocycles. The number of rotatable bonds is 4. The molecule has 0 unspecified atom stereocenters.